The van der Waals surface area contributed by atoms with Crippen LogP contribution in [0.3, 0.4) is 0 Å². The molecule has 1 heteroatoms. The van der Waals surface area contributed by atoms with Crippen LogP contribution >= 0.6 is 0 Å². The summed E-state index contributed by atoms with van der Waals surface area (Å²) in [4.78, 5) is 0. The van der Waals surface area contributed by atoms with Crippen LogP contribution < -0.4 is 0 Å². The normalized spacial score (nSPS) is 43.5. The molecule has 1 N–H and O–H groups in total. The number of rotatable bonds is 0. The summed E-state index contributed by atoms with van der Waals surface area (Å²) < 4.78 is 0. The van der Waals surface area contributed by atoms with E-state index in [1.807, 2.05) is 0 Å². The summed E-state index contributed by atoms with van der Waals surface area (Å²) in [6.07, 6.45) is 11.3. The van der Waals surface area contributed by atoms with Crippen molar-refractivity contribution in [3.63, 3.8) is 0 Å². The van der Waals surface area contributed by atoms with Crippen molar-refractivity contribution in [2.24, 2.45) is 5.92 Å². The zero-order chi connectivity index (χ0) is 7.73. The van der Waals surface area contributed by atoms with Crippen molar-refractivity contribution in [3.8, 4) is 0 Å². The first-order valence-corrected chi connectivity index (χ1v) is 4.70. The van der Waals surface area contributed by atoms with Gasteiger partial charge in [0.25, 0.3) is 0 Å². The molecule has 0 aromatic rings. The molecule has 0 unspecified atom stereocenters. The molecule has 1 fully saturated rings. The summed E-state index contributed by atoms with van der Waals surface area (Å²) in [5.74, 6) is 0.477. The third kappa shape index (κ3) is 1.22. The van der Waals surface area contributed by atoms with Crippen molar-refractivity contribution < 1.29 is 5.11 Å². The van der Waals surface area contributed by atoms with Gasteiger partial charge in [0.2, 0.25) is 0 Å². The van der Waals surface area contributed by atoms with E-state index in [2.05, 4.69) is 12.2 Å². The summed E-state index contributed by atoms with van der Waals surface area (Å²) in [7, 11) is 0. The number of hydrogen-bond acceptors (Lipinski definition) is 1. The molecule has 1 nitrogen and oxygen atoms in total. The molecule has 2 aliphatic carbocycles. The molecule has 0 bridgehead atoms. The zero-order valence-electron chi connectivity index (χ0n) is 6.92. The Hall–Kier alpha value is -0.300. The van der Waals surface area contributed by atoms with Gasteiger partial charge in [0, 0.05) is 5.92 Å². The van der Waals surface area contributed by atoms with Crippen LogP contribution in [0.15, 0.2) is 12.2 Å². The largest absolute Gasteiger partial charge is 0.389 e. The molecule has 0 spiro atoms. The van der Waals surface area contributed by atoms with Crippen LogP contribution in [0, 0.1) is 5.92 Å². The van der Waals surface area contributed by atoms with Crippen molar-refractivity contribution in [1.82, 2.24) is 0 Å². The van der Waals surface area contributed by atoms with Gasteiger partial charge in [-0.15, -0.1) is 0 Å². The van der Waals surface area contributed by atoms with E-state index < -0.39 is 0 Å². The van der Waals surface area contributed by atoms with E-state index in [0.717, 1.165) is 19.3 Å². The molecular formula is C10H16O. The van der Waals surface area contributed by atoms with E-state index in [-0.39, 0.29) is 5.60 Å². The van der Waals surface area contributed by atoms with Crippen molar-refractivity contribution >= 4 is 0 Å². The Morgan fingerprint density at radius 1 is 1.27 bits per heavy atom. The predicted octanol–water partition coefficient (Wildman–Crippen LogP) is 2.26. The van der Waals surface area contributed by atoms with Gasteiger partial charge in [-0.2, -0.15) is 0 Å². The summed E-state index contributed by atoms with van der Waals surface area (Å²) in [6.45, 7) is 0. The molecule has 0 aromatic heterocycles. The lowest BCUT2D eigenvalue weighted by Crippen LogP contribution is -2.40. The van der Waals surface area contributed by atoms with Crippen LogP contribution in [0.5, 0.6) is 0 Å². The van der Waals surface area contributed by atoms with Crippen LogP contribution in [0.25, 0.3) is 0 Å². The molecule has 62 valence electrons. The smallest absolute Gasteiger partial charge is 0.0713 e. The lowest BCUT2D eigenvalue weighted by Gasteiger charge is -2.40. The van der Waals surface area contributed by atoms with Crippen molar-refractivity contribution in [2.45, 2.75) is 44.1 Å². The van der Waals surface area contributed by atoms with Gasteiger partial charge in [0.15, 0.2) is 0 Å². The molecule has 2 rings (SSSR count). The highest BCUT2D eigenvalue weighted by Crippen LogP contribution is 2.40. The van der Waals surface area contributed by atoms with E-state index in [0.29, 0.717) is 5.92 Å². The Balaban J connectivity index is 2.16. The summed E-state index contributed by atoms with van der Waals surface area (Å²) >= 11 is 0. The van der Waals surface area contributed by atoms with Gasteiger partial charge in [-0.3, -0.25) is 0 Å². The lowest BCUT2D eigenvalue weighted by atomic mass is 9.70. The highest BCUT2D eigenvalue weighted by atomic mass is 16.3. The quantitative estimate of drug-likeness (QED) is 0.528. The monoisotopic (exact) mass is 152 g/mol. The van der Waals surface area contributed by atoms with E-state index in [1.165, 1.54) is 19.3 Å². The average molecular weight is 152 g/mol. The Labute approximate surface area is 68.1 Å². The second-order valence-corrected chi connectivity index (χ2v) is 3.92. The Kier molecular flexibility index (Phi) is 1.76. The second-order valence-electron chi connectivity index (χ2n) is 3.92. The standard InChI is InChI=1S/C10H16O/c11-10-7-3-1-5-9(10)6-2-4-8-10/h1,5,9,11H,2-4,6-8H2/t9-,10+/m1/s1. The first kappa shape index (κ1) is 7.35. The fourth-order valence-electron chi connectivity index (χ4n) is 2.43. The zero-order valence-corrected chi connectivity index (χ0v) is 6.92. The van der Waals surface area contributed by atoms with Gasteiger partial charge < -0.3 is 5.11 Å². The van der Waals surface area contributed by atoms with Crippen molar-refractivity contribution in [2.75, 3.05) is 0 Å². The van der Waals surface area contributed by atoms with Gasteiger partial charge in [0.1, 0.15) is 0 Å². The van der Waals surface area contributed by atoms with Crippen molar-refractivity contribution in [1.29, 1.82) is 0 Å². The third-order valence-corrected chi connectivity index (χ3v) is 3.18. The van der Waals surface area contributed by atoms with E-state index in [9.17, 15) is 5.11 Å². The third-order valence-electron chi connectivity index (χ3n) is 3.18. The minimum atomic E-state index is -0.312. The second kappa shape index (κ2) is 2.63. The lowest BCUT2D eigenvalue weighted by molar-refractivity contribution is -0.0403. The van der Waals surface area contributed by atoms with E-state index in [4.69, 9.17) is 0 Å². The van der Waals surface area contributed by atoms with E-state index in [1.54, 1.807) is 0 Å². The minimum Gasteiger partial charge on any atom is -0.389 e. The van der Waals surface area contributed by atoms with Gasteiger partial charge in [-0.25, -0.2) is 0 Å². The van der Waals surface area contributed by atoms with Crippen LogP contribution in [-0.4, -0.2) is 10.7 Å². The molecule has 11 heavy (non-hydrogen) atoms. The maximum Gasteiger partial charge on any atom is 0.0713 e. The summed E-state index contributed by atoms with van der Waals surface area (Å²) in [5, 5.41) is 10.1. The molecule has 2 atom stereocenters. The van der Waals surface area contributed by atoms with Gasteiger partial charge in [-0.05, 0) is 25.7 Å². The Morgan fingerprint density at radius 2 is 2.18 bits per heavy atom. The molecule has 0 heterocycles. The maximum absolute atomic E-state index is 10.1. The molecule has 0 aromatic carbocycles. The Morgan fingerprint density at radius 3 is 3.00 bits per heavy atom. The number of allylic oxidation sites excluding steroid dienone is 1. The van der Waals surface area contributed by atoms with E-state index >= 15 is 0 Å². The summed E-state index contributed by atoms with van der Waals surface area (Å²) in [6, 6.07) is 0. The van der Waals surface area contributed by atoms with Gasteiger partial charge in [-0.1, -0.05) is 25.0 Å². The molecule has 0 radical (unpaired) electrons. The number of hydrogen-bond donors (Lipinski definition) is 1. The molecule has 0 saturated heterocycles. The summed E-state index contributed by atoms with van der Waals surface area (Å²) in [5.41, 5.74) is -0.312. The first-order valence-electron chi connectivity index (χ1n) is 4.70. The SMILES string of the molecule is O[C@]12CCC=C[C@@H]1CCCC2. The molecule has 1 saturated carbocycles. The molecule has 0 aliphatic heterocycles. The maximum atomic E-state index is 10.1. The van der Waals surface area contributed by atoms with Crippen LogP contribution in [0.1, 0.15) is 38.5 Å². The highest BCUT2D eigenvalue weighted by molar-refractivity contribution is 5.06. The van der Waals surface area contributed by atoms with Crippen LogP contribution in [0.4, 0.5) is 0 Å². The topological polar surface area (TPSA) is 20.2 Å². The minimum absolute atomic E-state index is 0.312. The molecular weight excluding hydrogens is 136 g/mol. The Bertz CT molecular complexity index is 174. The molecule has 2 aliphatic rings. The number of fused-ring (bicyclic) bond motifs is 1. The van der Waals surface area contributed by atoms with Gasteiger partial charge >= 0.3 is 0 Å². The molecule has 0 amide bonds. The van der Waals surface area contributed by atoms with Gasteiger partial charge in [0.05, 0.1) is 5.60 Å². The predicted molar refractivity (Wildman–Crippen MR) is 45.3 cm³/mol. The first-order chi connectivity index (χ1) is 5.31. The van der Waals surface area contributed by atoms with Crippen molar-refractivity contribution in [3.05, 3.63) is 12.2 Å². The van der Waals surface area contributed by atoms with Crippen LogP contribution in [-0.2, 0) is 0 Å². The average Bonchev–Trinajstić information content (AvgIpc) is 2.03. The number of aliphatic hydroxyl groups is 1. The fraction of sp³-hybridized carbons (Fsp3) is 0.800. The van der Waals surface area contributed by atoms with Crippen LogP contribution in [0.2, 0.25) is 0 Å². The highest BCUT2D eigenvalue weighted by Gasteiger charge is 2.37. The fourth-order valence-corrected chi connectivity index (χ4v) is 2.43.